The third-order valence-corrected chi connectivity index (χ3v) is 4.32. The number of pyridine rings is 1. The molecule has 20 heavy (non-hydrogen) atoms. The molecule has 1 fully saturated rings. The number of hydrogen-bond acceptors (Lipinski definition) is 3. The number of nitrogens with zero attached hydrogens (tertiary/aromatic N) is 1. The first-order chi connectivity index (χ1) is 9.45. The molecule has 1 aromatic rings. The molecule has 1 aromatic heterocycles. The van der Waals surface area contributed by atoms with Crippen LogP contribution >= 0.6 is 0 Å². The van der Waals surface area contributed by atoms with Crippen LogP contribution in [0.1, 0.15) is 52.5 Å². The highest BCUT2D eigenvalue weighted by Crippen LogP contribution is 2.36. The summed E-state index contributed by atoms with van der Waals surface area (Å²) < 4.78 is 7.46. The van der Waals surface area contributed by atoms with E-state index < -0.39 is 0 Å². The smallest absolute Gasteiger partial charge is 0.274 e. The van der Waals surface area contributed by atoms with E-state index in [-0.39, 0.29) is 17.2 Å². The Hall–Kier alpha value is -1.29. The van der Waals surface area contributed by atoms with E-state index in [0.717, 1.165) is 25.7 Å². The van der Waals surface area contributed by atoms with E-state index in [1.807, 2.05) is 36.7 Å². The summed E-state index contributed by atoms with van der Waals surface area (Å²) in [5.41, 5.74) is 0.767. The average Bonchev–Trinajstić information content (AvgIpc) is 2.42. The van der Waals surface area contributed by atoms with E-state index >= 15 is 0 Å². The number of aromatic nitrogens is 1. The van der Waals surface area contributed by atoms with Crippen molar-refractivity contribution in [2.45, 2.75) is 64.1 Å². The highest BCUT2D eigenvalue weighted by molar-refractivity contribution is 5.41. The summed E-state index contributed by atoms with van der Waals surface area (Å²) in [6.07, 6.45) is 5.91. The molecule has 1 heterocycles. The number of hydrogen-bond donors (Lipinski definition) is 1. The Labute approximate surface area is 121 Å². The van der Waals surface area contributed by atoms with Gasteiger partial charge in [-0.1, -0.05) is 0 Å². The number of nitrogens with one attached hydrogen (secondary N) is 1. The van der Waals surface area contributed by atoms with Crippen molar-refractivity contribution >= 4 is 5.69 Å². The predicted octanol–water partition coefficient (Wildman–Crippen LogP) is 3.19. The molecule has 1 aliphatic rings. The van der Waals surface area contributed by atoms with E-state index in [1.165, 1.54) is 0 Å². The van der Waals surface area contributed by atoms with Crippen molar-refractivity contribution in [1.29, 1.82) is 0 Å². The Morgan fingerprint density at radius 2 is 2.05 bits per heavy atom. The van der Waals surface area contributed by atoms with Gasteiger partial charge in [0.05, 0.1) is 5.60 Å². The fourth-order valence-electron chi connectivity index (χ4n) is 2.91. The minimum Gasteiger partial charge on any atom is -0.379 e. The van der Waals surface area contributed by atoms with Crippen LogP contribution in [0.5, 0.6) is 0 Å². The molecular weight excluding hydrogens is 252 g/mol. The molecule has 0 bridgehead atoms. The van der Waals surface area contributed by atoms with Crippen LogP contribution < -0.4 is 10.9 Å². The molecule has 0 amide bonds. The molecule has 0 unspecified atom stereocenters. The molecule has 0 aliphatic heterocycles. The van der Waals surface area contributed by atoms with E-state index in [4.69, 9.17) is 4.74 Å². The van der Waals surface area contributed by atoms with Gasteiger partial charge in [0, 0.05) is 25.4 Å². The van der Waals surface area contributed by atoms with Crippen LogP contribution in [0.15, 0.2) is 23.1 Å². The van der Waals surface area contributed by atoms with Crippen molar-refractivity contribution in [1.82, 2.24) is 4.57 Å². The number of rotatable bonds is 4. The van der Waals surface area contributed by atoms with Crippen molar-refractivity contribution in [3.05, 3.63) is 28.7 Å². The van der Waals surface area contributed by atoms with Crippen molar-refractivity contribution in [2.24, 2.45) is 0 Å². The lowest BCUT2D eigenvalue weighted by molar-refractivity contribution is -0.0324. The normalized spacial score (nSPS) is 26.8. The molecule has 0 spiro atoms. The van der Waals surface area contributed by atoms with Crippen LogP contribution in [0, 0.1) is 0 Å². The molecule has 1 aliphatic carbocycles. The topological polar surface area (TPSA) is 43.3 Å². The van der Waals surface area contributed by atoms with Gasteiger partial charge in [-0.15, -0.1) is 0 Å². The lowest BCUT2D eigenvalue weighted by atomic mass is 9.83. The SMILES string of the molecule is COC1(C)CCC(n2cccc(NC(C)C)c2=O)CC1. The number of methoxy groups -OCH3 is 1. The van der Waals surface area contributed by atoms with Gasteiger partial charge in [0.1, 0.15) is 5.69 Å². The van der Waals surface area contributed by atoms with Gasteiger partial charge in [-0.2, -0.15) is 0 Å². The monoisotopic (exact) mass is 278 g/mol. The second kappa shape index (κ2) is 6.00. The van der Waals surface area contributed by atoms with Gasteiger partial charge in [0.2, 0.25) is 0 Å². The number of anilines is 1. The Morgan fingerprint density at radius 1 is 1.40 bits per heavy atom. The maximum atomic E-state index is 12.5. The van der Waals surface area contributed by atoms with E-state index in [1.54, 1.807) is 7.11 Å². The van der Waals surface area contributed by atoms with Crippen LogP contribution in [0.3, 0.4) is 0 Å². The zero-order valence-corrected chi connectivity index (χ0v) is 13.0. The molecular formula is C16H26N2O2. The van der Waals surface area contributed by atoms with Crippen molar-refractivity contribution < 1.29 is 4.74 Å². The Kier molecular flexibility index (Phi) is 4.53. The lowest BCUT2D eigenvalue weighted by Crippen LogP contribution is -2.36. The quantitative estimate of drug-likeness (QED) is 0.920. The van der Waals surface area contributed by atoms with Crippen molar-refractivity contribution in [3.8, 4) is 0 Å². The second-order valence-corrected chi connectivity index (χ2v) is 6.32. The van der Waals surface area contributed by atoms with Crippen molar-refractivity contribution in [3.63, 3.8) is 0 Å². The minimum absolute atomic E-state index is 0.0199. The summed E-state index contributed by atoms with van der Waals surface area (Å²) >= 11 is 0. The minimum atomic E-state index is -0.0199. The van der Waals surface area contributed by atoms with Gasteiger partial charge in [-0.05, 0) is 58.6 Å². The maximum absolute atomic E-state index is 12.5. The Morgan fingerprint density at radius 3 is 2.60 bits per heavy atom. The Balaban J connectivity index is 2.16. The van der Waals surface area contributed by atoms with E-state index in [0.29, 0.717) is 11.7 Å². The highest BCUT2D eigenvalue weighted by Gasteiger charge is 2.31. The van der Waals surface area contributed by atoms with Crippen LogP contribution in [-0.4, -0.2) is 23.3 Å². The molecule has 0 radical (unpaired) electrons. The summed E-state index contributed by atoms with van der Waals surface area (Å²) in [5.74, 6) is 0. The summed E-state index contributed by atoms with van der Waals surface area (Å²) in [7, 11) is 1.78. The first kappa shape index (κ1) is 15.1. The van der Waals surface area contributed by atoms with Crippen LogP contribution in [0.2, 0.25) is 0 Å². The number of ether oxygens (including phenoxy) is 1. The largest absolute Gasteiger partial charge is 0.379 e. The Bertz CT molecular complexity index is 499. The molecule has 1 N–H and O–H groups in total. The van der Waals surface area contributed by atoms with E-state index in [9.17, 15) is 4.79 Å². The fourth-order valence-corrected chi connectivity index (χ4v) is 2.91. The van der Waals surface area contributed by atoms with Crippen LogP contribution in [-0.2, 0) is 4.74 Å². The standard InChI is InChI=1S/C16H26N2O2/c1-12(2)17-14-6-5-11-18(15(14)19)13-7-9-16(3,20-4)10-8-13/h5-6,11-13,17H,7-10H2,1-4H3. The lowest BCUT2D eigenvalue weighted by Gasteiger charge is -2.36. The molecule has 2 rings (SSSR count). The summed E-state index contributed by atoms with van der Waals surface area (Å²) in [6.45, 7) is 6.24. The van der Waals surface area contributed by atoms with Gasteiger partial charge in [-0.3, -0.25) is 4.79 Å². The first-order valence-corrected chi connectivity index (χ1v) is 7.48. The van der Waals surface area contributed by atoms with Gasteiger partial charge >= 0.3 is 0 Å². The van der Waals surface area contributed by atoms with Gasteiger partial charge in [0.25, 0.3) is 5.56 Å². The van der Waals surface area contributed by atoms with Crippen LogP contribution in [0.4, 0.5) is 5.69 Å². The average molecular weight is 278 g/mol. The van der Waals surface area contributed by atoms with E-state index in [2.05, 4.69) is 12.2 Å². The molecule has 4 heteroatoms. The zero-order chi connectivity index (χ0) is 14.8. The fraction of sp³-hybridized carbons (Fsp3) is 0.688. The first-order valence-electron chi connectivity index (χ1n) is 7.48. The molecule has 1 saturated carbocycles. The summed E-state index contributed by atoms with van der Waals surface area (Å²) in [6, 6.07) is 4.37. The summed E-state index contributed by atoms with van der Waals surface area (Å²) in [4.78, 5) is 12.5. The third-order valence-electron chi connectivity index (χ3n) is 4.32. The molecule has 0 saturated heterocycles. The highest BCUT2D eigenvalue weighted by atomic mass is 16.5. The second-order valence-electron chi connectivity index (χ2n) is 6.32. The predicted molar refractivity (Wildman–Crippen MR) is 82.4 cm³/mol. The molecule has 0 aromatic carbocycles. The van der Waals surface area contributed by atoms with Crippen molar-refractivity contribution in [2.75, 3.05) is 12.4 Å². The maximum Gasteiger partial charge on any atom is 0.274 e. The van der Waals surface area contributed by atoms with Gasteiger partial charge in [0.15, 0.2) is 0 Å². The molecule has 0 atom stereocenters. The van der Waals surface area contributed by atoms with Gasteiger partial charge < -0.3 is 14.6 Å². The summed E-state index contributed by atoms with van der Waals surface area (Å²) in [5, 5.41) is 3.22. The molecule has 112 valence electrons. The van der Waals surface area contributed by atoms with Gasteiger partial charge in [-0.25, -0.2) is 0 Å². The molecule has 4 nitrogen and oxygen atoms in total. The zero-order valence-electron chi connectivity index (χ0n) is 13.0. The van der Waals surface area contributed by atoms with Crippen LogP contribution in [0.25, 0.3) is 0 Å². The third kappa shape index (κ3) is 3.23.